The van der Waals surface area contributed by atoms with Gasteiger partial charge in [0.15, 0.2) is 0 Å². The molecule has 1 aromatic carbocycles. The first-order valence-electron chi connectivity index (χ1n) is 9.01. The number of sulfonamides is 1. The van der Waals surface area contributed by atoms with Crippen LogP contribution in [0.2, 0.25) is 0 Å². The molecule has 1 aliphatic rings. The fourth-order valence-electron chi connectivity index (χ4n) is 2.78. The molecule has 0 spiro atoms. The maximum absolute atomic E-state index is 12.1. The Balaban J connectivity index is 0.000000612. The molecule has 0 aromatic heterocycles. The first kappa shape index (κ1) is 24.7. The van der Waals surface area contributed by atoms with Gasteiger partial charge in [-0.05, 0) is 12.5 Å². The van der Waals surface area contributed by atoms with E-state index in [0.29, 0.717) is 19.5 Å². The number of carbonyl (C=O) groups is 2. The SMILES string of the molecule is CCCS(=O)(=O)N1CCN(Cc2ccc(OC)cc2OC)CC1.O=C(O)C(=O)O. The zero-order valence-corrected chi connectivity index (χ0v) is 17.6. The minimum Gasteiger partial charge on any atom is -0.497 e. The third kappa shape index (κ3) is 7.87. The standard InChI is InChI=1S/C16H26N2O4S.C2H2O4/c1-4-11-23(19,20)18-9-7-17(8-10-18)13-14-5-6-15(21-2)12-16(14)22-3;3-1(4)2(5)6/h5-6,12H,4,7-11,13H2,1-3H3;(H,3,4)(H,5,6). The first-order valence-corrected chi connectivity index (χ1v) is 10.6. The highest BCUT2D eigenvalue weighted by molar-refractivity contribution is 7.89. The van der Waals surface area contributed by atoms with Crippen molar-refractivity contribution in [2.45, 2.75) is 19.9 Å². The van der Waals surface area contributed by atoms with Gasteiger partial charge in [0.2, 0.25) is 10.0 Å². The largest absolute Gasteiger partial charge is 0.497 e. The summed E-state index contributed by atoms with van der Waals surface area (Å²) in [5.41, 5.74) is 1.08. The molecule has 2 rings (SSSR count). The molecule has 1 aromatic rings. The third-order valence-corrected chi connectivity index (χ3v) is 6.33. The Bertz CT molecular complexity index is 777. The van der Waals surface area contributed by atoms with Crippen molar-refractivity contribution in [2.24, 2.45) is 0 Å². The summed E-state index contributed by atoms with van der Waals surface area (Å²) >= 11 is 0. The Hall–Kier alpha value is -2.37. The molecule has 164 valence electrons. The van der Waals surface area contributed by atoms with Gasteiger partial charge in [0.1, 0.15) is 11.5 Å². The van der Waals surface area contributed by atoms with Gasteiger partial charge < -0.3 is 19.7 Å². The Morgan fingerprint density at radius 2 is 1.62 bits per heavy atom. The fourth-order valence-corrected chi connectivity index (χ4v) is 4.27. The number of ether oxygens (including phenoxy) is 2. The van der Waals surface area contributed by atoms with Crippen molar-refractivity contribution in [1.29, 1.82) is 0 Å². The molecular weight excluding hydrogens is 404 g/mol. The van der Waals surface area contributed by atoms with Crippen molar-refractivity contribution in [1.82, 2.24) is 9.21 Å². The normalized spacial score (nSPS) is 15.1. The average molecular weight is 432 g/mol. The molecule has 29 heavy (non-hydrogen) atoms. The van der Waals surface area contributed by atoms with Crippen LogP contribution in [0.15, 0.2) is 18.2 Å². The van der Waals surface area contributed by atoms with Gasteiger partial charge in [-0.15, -0.1) is 0 Å². The van der Waals surface area contributed by atoms with Crippen LogP contribution in [0.4, 0.5) is 0 Å². The number of carboxylic acid groups (broad SMARTS) is 2. The van der Waals surface area contributed by atoms with Crippen molar-refractivity contribution in [2.75, 3.05) is 46.2 Å². The monoisotopic (exact) mass is 432 g/mol. The average Bonchev–Trinajstić information content (AvgIpc) is 2.69. The van der Waals surface area contributed by atoms with Gasteiger partial charge in [-0.2, -0.15) is 4.31 Å². The Kier molecular flexibility index (Phi) is 9.86. The molecule has 1 fully saturated rings. The zero-order chi connectivity index (χ0) is 22.0. The van der Waals surface area contributed by atoms with E-state index in [-0.39, 0.29) is 5.75 Å². The first-order chi connectivity index (χ1) is 13.6. The van der Waals surface area contributed by atoms with Gasteiger partial charge in [0.25, 0.3) is 0 Å². The van der Waals surface area contributed by atoms with E-state index < -0.39 is 22.0 Å². The summed E-state index contributed by atoms with van der Waals surface area (Å²) in [5, 5.41) is 14.8. The number of aliphatic carboxylic acids is 2. The van der Waals surface area contributed by atoms with E-state index in [1.165, 1.54) is 0 Å². The molecule has 1 saturated heterocycles. The van der Waals surface area contributed by atoms with Crippen LogP contribution in [0.25, 0.3) is 0 Å². The number of rotatable bonds is 7. The van der Waals surface area contributed by atoms with Crippen LogP contribution in [0.5, 0.6) is 11.5 Å². The van der Waals surface area contributed by atoms with E-state index in [2.05, 4.69) is 4.90 Å². The summed E-state index contributed by atoms with van der Waals surface area (Å²) in [5.74, 6) is -1.85. The minimum absolute atomic E-state index is 0.235. The second-order valence-electron chi connectivity index (χ2n) is 6.28. The number of methoxy groups -OCH3 is 2. The van der Waals surface area contributed by atoms with Gasteiger partial charge in [-0.1, -0.05) is 13.0 Å². The molecule has 1 aliphatic heterocycles. The van der Waals surface area contributed by atoms with Crippen LogP contribution < -0.4 is 9.47 Å². The van der Waals surface area contributed by atoms with Gasteiger partial charge in [-0.3, -0.25) is 4.90 Å². The van der Waals surface area contributed by atoms with E-state index in [9.17, 15) is 8.42 Å². The molecule has 0 saturated carbocycles. The number of hydrogen-bond acceptors (Lipinski definition) is 7. The number of nitrogens with zero attached hydrogens (tertiary/aromatic N) is 2. The lowest BCUT2D eigenvalue weighted by atomic mass is 10.1. The summed E-state index contributed by atoms with van der Waals surface area (Å²) in [6.07, 6.45) is 0.658. The summed E-state index contributed by atoms with van der Waals surface area (Å²) in [6, 6.07) is 5.79. The number of carboxylic acids is 2. The molecule has 0 amide bonds. The predicted molar refractivity (Wildman–Crippen MR) is 106 cm³/mol. The van der Waals surface area contributed by atoms with Crippen LogP contribution >= 0.6 is 0 Å². The minimum atomic E-state index is -3.09. The summed E-state index contributed by atoms with van der Waals surface area (Å²) in [7, 11) is 0.190. The lowest BCUT2D eigenvalue weighted by Crippen LogP contribution is -2.48. The second-order valence-corrected chi connectivity index (χ2v) is 8.37. The van der Waals surface area contributed by atoms with E-state index in [1.54, 1.807) is 18.5 Å². The lowest BCUT2D eigenvalue weighted by Gasteiger charge is -2.34. The van der Waals surface area contributed by atoms with Crippen molar-refractivity contribution >= 4 is 22.0 Å². The van der Waals surface area contributed by atoms with Crippen molar-refractivity contribution < 1.29 is 37.7 Å². The highest BCUT2D eigenvalue weighted by Gasteiger charge is 2.26. The smallest absolute Gasteiger partial charge is 0.414 e. The quantitative estimate of drug-likeness (QED) is 0.598. The summed E-state index contributed by atoms with van der Waals surface area (Å²) in [6.45, 7) is 5.22. The zero-order valence-electron chi connectivity index (χ0n) is 16.8. The molecule has 11 heteroatoms. The Morgan fingerprint density at radius 1 is 1.03 bits per heavy atom. The highest BCUT2D eigenvalue weighted by Crippen LogP contribution is 2.26. The second kappa shape index (κ2) is 11.6. The molecular formula is C18H28N2O8S. The van der Waals surface area contributed by atoms with Crippen LogP contribution in [0, 0.1) is 0 Å². The maximum Gasteiger partial charge on any atom is 0.414 e. The molecule has 2 N–H and O–H groups in total. The topological polar surface area (TPSA) is 134 Å². The van der Waals surface area contributed by atoms with E-state index in [4.69, 9.17) is 29.3 Å². The molecule has 0 aliphatic carbocycles. The summed E-state index contributed by atoms with van der Waals surface area (Å²) < 4.78 is 36.4. The number of piperazine rings is 1. The van der Waals surface area contributed by atoms with E-state index >= 15 is 0 Å². The van der Waals surface area contributed by atoms with Gasteiger partial charge >= 0.3 is 11.9 Å². The molecule has 0 radical (unpaired) electrons. The third-order valence-electron chi connectivity index (χ3n) is 4.26. The molecule has 0 atom stereocenters. The van der Waals surface area contributed by atoms with Crippen LogP contribution in [0.3, 0.4) is 0 Å². The Morgan fingerprint density at radius 3 is 2.07 bits per heavy atom. The predicted octanol–water partition coefficient (Wildman–Crippen LogP) is 0.717. The molecule has 0 bridgehead atoms. The van der Waals surface area contributed by atoms with E-state index in [0.717, 1.165) is 36.7 Å². The molecule has 1 heterocycles. The Labute approximate surface area is 170 Å². The van der Waals surface area contributed by atoms with Crippen molar-refractivity contribution in [3.8, 4) is 11.5 Å². The van der Waals surface area contributed by atoms with Crippen molar-refractivity contribution in [3.63, 3.8) is 0 Å². The summed E-state index contributed by atoms with van der Waals surface area (Å²) in [4.78, 5) is 20.5. The highest BCUT2D eigenvalue weighted by atomic mass is 32.2. The molecule has 10 nitrogen and oxygen atoms in total. The maximum atomic E-state index is 12.1. The van der Waals surface area contributed by atoms with Crippen LogP contribution in [0.1, 0.15) is 18.9 Å². The van der Waals surface area contributed by atoms with E-state index in [1.807, 2.05) is 25.1 Å². The number of benzene rings is 1. The van der Waals surface area contributed by atoms with Crippen LogP contribution in [-0.2, 0) is 26.2 Å². The number of hydrogen-bond donors (Lipinski definition) is 2. The van der Waals surface area contributed by atoms with Crippen LogP contribution in [-0.4, -0.2) is 85.9 Å². The fraction of sp³-hybridized carbons (Fsp3) is 0.556. The van der Waals surface area contributed by atoms with Crippen molar-refractivity contribution in [3.05, 3.63) is 23.8 Å². The lowest BCUT2D eigenvalue weighted by molar-refractivity contribution is -0.159. The van der Waals surface area contributed by atoms with Gasteiger partial charge in [-0.25, -0.2) is 18.0 Å². The van der Waals surface area contributed by atoms with Gasteiger partial charge in [0.05, 0.1) is 20.0 Å². The molecule has 0 unspecified atom stereocenters. The van der Waals surface area contributed by atoms with Gasteiger partial charge in [0, 0.05) is 44.4 Å².